The molecule has 0 amide bonds. The summed E-state index contributed by atoms with van der Waals surface area (Å²) in [5.74, 6) is 0. The first kappa shape index (κ1) is 79.8. The maximum absolute atomic E-state index is 10.7. The van der Waals surface area contributed by atoms with Crippen LogP contribution >= 0.6 is 0 Å². The first-order valence-electron chi connectivity index (χ1n) is 29.6. The predicted octanol–water partition coefficient (Wildman–Crippen LogP) is 20.9. The second-order valence-electron chi connectivity index (χ2n) is 22.5. The number of aliphatic hydroxyl groups excluding tert-OH is 1. The molecule has 2 N–H and O–H groups in total. The maximum Gasteiger partial charge on any atom is 0.522 e. The van der Waals surface area contributed by atoms with Crippen LogP contribution in [-0.2, 0) is 61.2 Å². The van der Waals surface area contributed by atoms with Gasteiger partial charge in [0, 0.05) is 81.6 Å². The van der Waals surface area contributed by atoms with Gasteiger partial charge in [0.1, 0.15) is 0 Å². The Balaban J connectivity index is 0.000000265. The Labute approximate surface area is 593 Å². The molecule has 0 unspecified atom stereocenters. The second kappa shape index (κ2) is 35.9. The number of alkyl halides is 3. The van der Waals surface area contributed by atoms with Gasteiger partial charge in [0.25, 0.3) is 0 Å². The summed E-state index contributed by atoms with van der Waals surface area (Å²) in [6.45, 7) is 15.1. The molecule has 8 aromatic carbocycles. The number of halogens is 3. The Morgan fingerprint density at radius 3 is 1.26 bits per heavy atom. The van der Waals surface area contributed by atoms with Gasteiger partial charge < -0.3 is 34.9 Å². The van der Waals surface area contributed by atoms with Crippen molar-refractivity contribution >= 4 is 10.1 Å². The summed E-state index contributed by atoms with van der Waals surface area (Å²) in [4.78, 5) is 18.1. The van der Waals surface area contributed by atoms with Crippen LogP contribution in [0.3, 0.4) is 0 Å². The third kappa shape index (κ3) is 19.5. The minimum absolute atomic E-state index is 0. The van der Waals surface area contributed by atoms with Crippen molar-refractivity contribution in [1.29, 1.82) is 0 Å². The van der Waals surface area contributed by atoms with Crippen molar-refractivity contribution in [2.24, 2.45) is 0 Å². The molecule has 0 spiro atoms. The quantitative estimate of drug-likeness (QED) is 0.0958. The molecule has 2 aliphatic rings. The van der Waals surface area contributed by atoms with E-state index in [-0.39, 0.29) is 79.9 Å². The van der Waals surface area contributed by atoms with Crippen LogP contribution < -0.4 is 0 Å². The van der Waals surface area contributed by atoms with Crippen molar-refractivity contribution in [3.8, 4) is 89.5 Å². The van der Waals surface area contributed by atoms with E-state index in [1.54, 1.807) is 6.92 Å². The predicted molar refractivity (Wildman–Crippen MR) is 381 cm³/mol. The molecule has 14 rings (SSSR count). The zero-order chi connectivity index (χ0) is 64.8. The number of hydrogen-bond donors (Lipinski definition) is 2. The Kier molecular flexibility index (Phi) is 29.8. The molecule has 500 valence electrons. The fourth-order valence-electron chi connectivity index (χ4n) is 10.9. The summed E-state index contributed by atoms with van der Waals surface area (Å²) in [7, 11) is -5.84. The fourth-order valence-corrected chi connectivity index (χ4v) is 10.9. The van der Waals surface area contributed by atoms with Crippen LogP contribution in [0.25, 0.3) is 89.5 Å². The summed E-state index contributed by atoms with van der Waals surface area (Å²) in [6.07, 6.45) is 3.80. The van der Waals surface area contributed by atoms with Crippen molar-refractivity contribution < 1.29 is 71.5 Å². The average Bonchev–Trinajstić information content (AvgIpc) is 1.59. The van der Waals surface area contributed by atoms with Crippen LogP contribution in [0.1, 0.15) is 75.7 Å². The van der Waals surface area contributed by atoms with Crippen molar-refractivity contribution in [3.05, 3.63) is 328 Å². The summed E-state index contributed by atoms with van der Waals surface area (Å²) in [6, 6.07) is 95.6. The number of hydrogen-bond acceptors (Lipinski definition) is 7. The van der Waals surface area contributed by atoms with E-state index in [2.05, 4.69) is 217 Å². The number of fused-ring (bicyclic) bond motifs is 6. The van der Waals surface area contributed by atoms with Gasteiger partial charge >= 0.3 is 15.6 Å². The maximum atomic E-state index is 10.7. The summed E-state index contributed by atoms with van der Waals surface area (Å²) < 4.78 is 57.5. The molecule has 0 saturated heterocycles. The molecule has 0 fully saturated rings. The molecule has 96 heavy (non-hydrogen) atoms. The number of pyridine rings is 4. The normalized spacial score (nSPS) is 11.8. The third-order valence-electron chi connectivity index (χ3n) is 15.4. The third-order valence-corrected chi connectivity index (χ3v) is 16.0. The molecular weight excluding hydrogens is 1580 g/mol. The van der Waals surface area contributed by atoms with Gasteiger partial charge in [-0.25, -0.2) is 0 Å². The van der Waals surface area contributed by atoms with Gasteiger partial charge in [0.15, 0.2) is 0 Å². The van der Waals surface area contributed by atoms with Gasteiger partial charge in [-0.2, -0.15) is 21.6 Å². The van der Waals surface area contributed by atoms with Gasteiger partial charge in [-0.15, -0.1) is 101 Å². The number of aliphatic hydroxyl groups is 1. The van der Waals surface area contributed by atoms with Gasteiger partial charge in [0.2, 0.25) is 0 Å². The van der Waals surface area contributed by atoms with E-state index in [9.17, 15) is 13.2 Å². The number of rotatable bonds is 6. The summed E-state index contributed by atoms with van der Waals surface area (Å²) in [5.41, 5.74) is 20.5. The molecule has 0 atom stereocenters. The van der Waals surface area contributed by atoms with Crippen molar-refractivity contribution in [1.82, 2.24) is 19.9 Å². The zero-order valence-corrected chi connectivity index (χ0v) is 59.8. The van der Waals surface area contributed by atoms with Crippen molar-refractivity contribution in [2.45, 2.75) is 72.2 Å². The van der Waals surface area contributed by atoms with E-state index >= 15 is 0 Å². The van der Waals surface area contributed by atoms with Crippen molar-refractivity contribution in [3.63, 3.8) is 0 Å². The van der Waals surface area contributed by atoms with E-state index in [1.807, 2.05) is 123 Å². The first-order valence-corrected chi connectivity index (χ1v) is 31.0. The van der Waals surface area contributed by atoms with Crippen LogP contribution in [0.2, 0.25) is 0 Å². The van der Waals surface area contributed by atoms with Gasteiger partial charge in [-0.3, -0.25) is 9.54 Å². The molecule has 2 radical (unpaired) electrons. The Bertz CT molecular complexity index is 4260. The van der Waals surface area contributed by atoms with Crippen molar-refractivity contribution in [2.75, 3.05) is 6.61 Å². The molecule has 4 aromatic heterocycles. The van der Waals surface area contributed by atoms with Crippen LogP contribution in [0.5, 0.6) is 0 Å². The Morgan fingerprint density at radius 2 is 0.823 bits per heavy atom. The van der Waals surface area contributed by atoms with Gasteiger partial charge in [-0.1, -0.05) is 198 Å². The van der Waals surface area contributed by atoms with Gasteiger partial charge in [0.05, 0.1) is 5.69 Å². The van der Waals surface area contributed by atoms with Crippen LogP contribution in [0.4, 0.5) is 13.2 Å². The molecule has 8 nitrogen and oxygen atoms in total. The Hall–Kier alpha value is -8.68. The van der Waals surface area contributed by atoms with E-state index in [0.717, 1.165) is 50.9 Å². The number of aromatic nitrogens is 4. The molecule has 14 heteroatoms. The molecule has 2 aliphatic carbocycles. The van der Waals surface area contributed by atoms with E-state index in [0.29, 0.717) is 0 Å². The largest absolute Gasteiger partial charge is 0.522 e. The molecule has 0 aliphatic heterocycles. The van der Waals surface area contributed by atoms with Crippen LogP contribution in [-0.4, -0.2) is 50.1 Å². The average molecular weight is 1660 g/mol. The Morgan fingerprint density at radius 1 is 0.427 bits per heavy atom. The number of aryl methyl sites for hydroxylation is 2. The van der Waals surface area contributed by atoms with E-state index < -0.39 is 15.6 Å². The zero-order valence-electron chi connectivity index (χ0n) is 54.2. The summed E-state index contributed by atoms with van der Waals surface area (Å²) >= 11 is 0. The number of benzene rings is 8. The SMILES string of the molecule is C.CC1(C)c2ccccc2-c2c[c-]c(-c3cc(-c4ccccc4)ccn3)cc21.CC1(C)c2ccccc2-c2ccc(-c3cc(-c4ccccc4)ccn3)cc21.CCO.Cc1cccc(-c2[c-]cccc2)n1.Cc1cccc(-c2[c-]cccc2)n1.O=S(=O)(O)C(F)(F)F.[CH3-].[CH3-].[Ir].[Ir]. The minimum Gasteiger partial charge on any atom is -0.397 e. The monoisotopic (exact) mass is 1660 g/mol. The minimum atomic E-state index is -5.84. The fraction of sp³-hybridized carbons (Fsp3) is 0.146. The van der Waals surface area contributed by atoms with Gasteiger partial charge in [-0.05, 0) is 130 Å². The second-order valence-corrected chi connectivity index (χ2v) is 23.9. The molecule has 12 aromatic rings. The molecular formula is C82H78F3Ir2N4O4S-5. The van der Waals surface area contributed by atoms with Crippen LogP contribution in [0, 0.1) is 46.9 Å². The molecule has 0 saturated carbocycles. The van der Waals surface area contributed by atoms with Crippen LogP contribution in [0.15, 0.2) is 261 Å². The summed E-state index contributed by atoms with van der Waals surface area (Å²) in [5, 5.41) is 7.57. The first-order chi connectivity index (χ1) is 43.7. The molecule has 4 heterocycles. The van der Waals surface area contributed by atoms with E-state index in [4.69, 9.17) is 18.1 Å². The number of nitrogens with zero attached hydrogens (tertiary/aromatic N) is 4. The topological polar surface area (TPSA) is 126 Å². The standard InChI is InChI=1S/C26H21N.C26H20N.2C12H10N.C2H6O.CHF3O3S.CH4.2CH3.2Ir/c2*1-26(2)23-11-7-6-10-21(23)22-13-12-20(16-24(22)26)25-17-19(14-15-27-25)18-8-4-3-5-9-18;2*1-10-6-5-9-12(13-10)11-7-3-2-4-8-11;1-2-3;2-1(3,4)8(5,6)7;;;;;/h3-17H,1-2H3;3-11,13-17H,1-2H3;2*2-7,9H,1H3;3H,2H2,1H3;(H,5,6,7);1H4;2*1H3;;/q;3*-1;;;;2*-1;;. The van der Waals surface area contributed by atoms with E-state index in [1.165, 1.54) is 72.3 Å². The smallest absolute Gasteiger partial charge is 0.397 e. The molecule has 0 bridgehead atoms.